The minimum absolute atomic E-state index is 0.331. The predicted molar refractivity (Wildman–Crippen MR) is 100 cm³/mol. The highest BCUT2D eigenvalue weighted by Gasteiger charge is 2.45. The molecule has 6 N–H and O–H groups in total. The van der Waals surface area contributed by atoms with Crippen LogP contribution in [0, 0.1) is 5.41 Å². The minimum Gasteiger partial charge on any atom is -0.330 e. The van der Waals surface area contributed by atoms with Crippen LogP contribution in [0.25, 0.3) is 0 Å². The smallest absolute Gasteiger partial charge is 0.241 e. The zero-order chi connectivity index (χ0) is 18.1. The van der Waals surface area contributed by atoms with Crippen LogP contribution < -0.4 is 22.1 Å². The van der Waals surface area contributed by atoms with Crippen molar-refractivity contribution < 1.29 is 9.59 Å². The number of nitrogens with two attached hydrogens (primary N) is 2. The Hall–Kier alpha value is -1.88. The molecule has 136 valence electrons. The van der Waals surface area contributed by atoms with Gasteiger partial charge < -0.3 is 22.1 Å². The van der Waals surface area contributed by atoms with Gasteiger partial charge in [0.15, 0.2) is 10.3 Å². The average molecular weight is 383 g/mol. The number of aromatic nitrogens is 2. The maximum absolute atomic E-state index is 13.0. The van der Waals surface area contributed by atoms with Crippen molar-refractivity contribution in [3.63, 3.8) is 0 Å². The second-order valence-corrected chi connectivity index (χ2v) is 7.24. The first-order valence-corrected chi connectivity index (χ1v) is 9.70. The number of carbonyl (C=O) groups is 2. The summed E-state index contributed by atoms with van der Waals surface area (Å²) in [5, 5.41) is 9.92. The van der Waals surface area contributed by atoms with Crippen molar-refractivity contribution in [1.82, 2.24) is 9.97 Å². The molecule has 0 radical (unpaired) electrons. The van der Waals surface area contributed by atoms with E-state index in [1.165, 1.54) is 22.7 Å². The number of hydrogen-bond donors (Lipinski definition) is 4. The molecule has 10 heteroatoms. The van der Waals surface area contributed by atoms with Gasteiger partial charge in [-0.2, -0.15) is 0 Å². The fourth-order valence-electron chi connectivity index (χ4n) is 2.49. The van der Waals surface area contributed by atoms with Crippen molar-refractivity contribution in [2.24, 2.45) is 16.9 Å². The maximum atomic E-state index is 13.0. The van der Waals surface area contributed by atoms with Crippen LogP contribution in [-0.2, 0) is 9.59 Å². The molecule has 8 nitrogen and oxygen atoms in total. The van der Waals surface area contributed by atoms with Gasteiger partial charge in [0.2, 0.25) is 11.8 Å². The Labute approximate surface area is 154 Å². The summed E-state index contributed by atoms with van der Waals surface area (Å²) in [6.45, 7) is 0.777. The molecule has 0 atom stereocenters. The van der Waals surface area contributed by atoms with E-state index in [-0.39, 0.29) is 0 Å². The molecule has 0 aliphatic carbocycles. The van der Waals surface area contributed by atoms with Crippen LogP contribution in [-0.4, -0.2) is 34.9 Å². The molecule has 0 spiro atoms. The van der Waals surface area contributed by atoms with E-state index in [0.29, 0.717) is 49.0 Å². The number of hydrogen-bond acceptors (Lipinski definition) is 8. The van der Waals surface area contributed by atoms with E-state index in [2.05, 4.69) is 20.6 Å². The third-order valence-corrected chi connectivity index (χ3v) is 5.17. The lowest BCUT2D eigenvalue weighted by Gasteiger charge is -2.30. The van der Waals surface area contributed by atoms with Gasteiger partial charge in [-0.1, -0.05) is 0 Å². The van der Waals surface area contributed by atoms with Crippen LogP contribution in [0.4, 0.5) is 10.3 Å². The number of thiazole rings is 2. The fraction of sp³-hybridized carbons (Fsp3) is 0.467. The van der Waals surface area contributed by atoms with Crippen LogP contribution in [0.1, 0.15) is 25.7 Å². The highest BCUT2D eigenvalue weighted by atomic mass is 32.1. The number of nitrogens with one attached hydrogen (secondary N) is 2. The Balaban J connectivity index is 2.27. The number of rotatable bonds is 10. The van der Waals surface area contributed by atoms with Gasteiger partial charge in [-0.15, -0.1) is 22.7 Å². The topological polar surface area (TPSA) is 136 Å². The highest BCUT2D eigenvalue weighted by Crippen LogP contribution is 2.34. The van der Waals surface area contributed by atoms with E-state index in [1.54, 1.807) is 23.2 Å². The van der Waals surface area contributed by atoms with Crippen molar-refractivity contribution >= 4 is 44.8 Å². The largest absolute Gasteiger partial charge is 0.330 e. The van der Waals surface area contributed by atoms with Gasteiger partial charge in [0.1, 0.15) is 5.41 Å². The molecule has 0 fully saturated rings. The van der Waals surface area contributed by atoms with Gasteiger partial charge in [0.05, 0.1) is 0 Å². The average Bonchev–Trinajstić information content (AvgIpc) is 3.29. The Kier molecular flexibility index (Phi) is 7.44. The van der Waals surface area contributed by atoms with Crippen LogP contribution in [0.5, 0.6) is 0 Å². The Bertz CT molecular complexity index is 601. The van der Waals surface area contributed by atoms with E-state index < -0.39 is 17.2 Å². The first-order chi connectivity index (χ1) is 12.1. The molecule has 2 aromatic heterocycles. The summed E-state index contributed by atoms with van der Waals surface area (Å²) >= 11 is 2.60. The van der Waals surface area contributed by atoms with E-state index in [9.17, 15) is 9.59 Å². The lowest BCUT2D eigenvalue weighted by atomic mass is 9.77. The van der Waals surface area contributed by atoms with E-state index in [1.807, 2.05) is 0 Å². The first-order valence-electron chi connectivity index (χ1n) is 7.94. The van der Waals surface area contributed by atoms with Crippen LogP contribution in [0.15, 0.2) is 23.2 Å². The number of carbonyl (C=O) groups excluding carboxylic acids is 2. The summed E-state index contributed by atoms with van der Waals surface area (Å²) < 4.78 is 0. The molecule has 0 aromatic carbocycles. The first kappa shape index (κ1) is 19.4. The molecule has 0 saturated heterocycles. The van der Waals surface area contributed by atoms with E-state index in [0.717, 1.165) is 0 Å². The van der Waals surface area contributed by atoms with Crippen molar-refractivity contribution in [1.29, 1.82) is 0 Å². The second-order valence-electron chi connectivity index (χ2n) is 5.45. The summed E-state index contributed by atoms with van der Waals surface area (Å²) in [5.41, 5.74) is 9.99. The zero-order valence-corrected chi connectivity index (χ0v) is 15.4. The lowest BCUT2D eigenvalue weighted by molar-refractivity contribution is -0.138. The summed E-state index contributed by atoms with van der Waals surface area (Å²) in [6, 6.07) is 0. The summed E-state index contributed by atoms with van der Waals surface area (Å²) in [7, 11) is 0. The van der Waals surface area contributed by atoms with Crippen LogP contribution in [0.3, 0.4) is 0 Å². The van der Waals surface area contributed by atoms with Crippen molar-refractivity contribution in [3.05, 3.63) is 23.2 Å². The van der Waals surface area contributed by atoms with Crippen LogP contribution in [0.2, 0.25) is 0 Å². The molecular weight excluding hydrogens is 360 g/mol. The molecule has 0 aliphatic heterocycles. The monoisotopic (exact) mass is 382 g/mol. The molecule has 2 aromatic rings. The third kappa shape index (κ3) is 5.05. The molecule has 2 rings (SSSR count). The molecule has 0 unspecified atom stereocenters. The Morgan fingerprint density at radius 2 is 1.36 bits per heavy atom. The second kappa shape index (κ2) is 9.56. The Morgan fingerprint density at radius 3 is 1.68 bits per heavy atom. The van der Waals surface area contributed by atoms with Gasteiger partial charge >= 0.3 is 0 Å². The molecular formula is C15H22N6O2S2. The molecule has 0 aliphatic rings. The third-order valence-electron chi connectivity index (χ3n) is 3.79. The molecule has 2 heterocycles. The number of anilines is 2. The van der Waals surface area contributed by atoms with Gasteiger partial charge in [0, 0.05) is 23.2 Å². The van der Waals surface area contributed by atoms with Crippen molar-refractivity contribution in [2.45, 2.75) is 25.7 Å². The summed E-state index contributed by atoms with van der Waals surface area (Å²) in [4.78, 5) is 34.1. The Morgan fingerprint density at radius 1 is 0.920 bits per heavy atom. The van der Waals surface area contributed by atoms with Crippen molar-refractivity contribution in [3.8, 4) is 0 Å². The summed E-state index contributed by atoms with van der Waals surface area (Å²) in [6.07, 6.45) is 4.94. The van der Waals surface area contributed by atoms with Gasteiger partial charge in [-0.25, -0.2) is 9.97 Å². The molecule has 2 amide bonds. The molecule has 0 saturated carbocycles. The molecule has 25 heavy (non-hydrogen) atoms. The maximum Gasteiger partial charge on any atom is 0.241 e. The SMILES string of the molecule is NCCCC(CCCN)(C(=O)Nc1nccs1)C(=O)Nc1nccs1. The quantitative estimate of drug-likeness (QED) is 0.461. The van der Waals surface area contributed by atoms with E-state index in [4.69, 9.17) is 11.5 Å². The fourth-order valence-corrected chi connectivity index (χ4v) is 3.54. The van der Waals surface area contributed by atoms with Gasteiger partial charge in [0.25, 0.3) is 0 Å². The molecule has 0 bridgehead atoms. The van der Waals surface area contributed by atoms with Crippen molar-refractivity contribution in [2.75, 3.05) is 23.7 Å². The van der Waals surface area contributed by atoms with Gasteiger partial charge in [-0.05, 0) is 38.8 Å². The zero-order valence-electron chi connectivity index (χ0n) is 13.7. The highest BCUT2D eigenvalue weighted by molar-refractivity contribution is 7.14. The normalized spacial score (nSPS) is 11.3. The summed E-state index contributed by atoms with van der Waals surface area (Å²) in [5.74, 6) is -0.781. The van der Waals surface area contributed by atoms with Gasteiger partial charge in [-0.3, -0.25) is 9.59 Å². The number of amides is 2. The number of nitrogens with zero attached hydrogens (tertiary/aromatic N) is 2. The standard InChI is InChI=1S/C15H22N6O2S2/c16-5-1-3-15(4-2-6-17,11(22)20-13-18-7-9-24-13)12(23)21-14-19-8-10-25-14/h7-10H,1-6,16-17H2,(H,18,20,22)(H,19,21,23). The van der Waals surface area contributed by atoms with Crippen LogP contribution >= 0.6 is 22.7 Å². The predicted octanol–water partition coefficient (Wildman–Crippen LogP) is 1.64. The van der Waals surface area contributed by atoms with E-state index >= 15 is 0 Å². The lowest BCUT2D eigenvalue weighted by Crippen LogP contribution is -2.47. The minimum atomic E-state index is -1.27.